The maximum atomic E-state index is 13.2. The van der Waals surface area contributed by atoms with Crippen LogP contribution < -0.4 is 15.1 Å². The number of hydrogen-bond donors (Lipinski definition) is 3. The van der Waals surface area contributed by atoms with Gasteiger partial charge in [-0.15, -0.1) is 0 Å². The molecule has 2 aromatic rings. The van der Waals surface area contributed by atoms with Crippen molar-refractivity contribution in [3.05, 3.63) is 47.9 Å². The predicted molar refractivity (Wildman–Crippen MR) is 134 cm³/mol. The first-order valence-electron chi connectivity index (χ1n) is 13.0. The molecule has 4 saturated carbocycles. The van der Waals surface area contributed by atoms with E-state index in [1.54, 1.807) is 18.3 Å². The number of carboxylic acid groups (broad SMARTS) is 1. The highest BCUT2D eigenvalue weighted by atomic mass is 16.4. The molecular weight excluding hydrogens is 458 g/mol. The lowest BCUT2D eigenvalue weighted by atomic mass is 9.52. The molecular formula is C27H33N5O4. The Morgan fingerprint density at radius 1 is 1.06 bits per heavy atom. The number of nitrogens with one attached hydrogen (secondary N) is 1. The molecule has 1 amide bonds. The second-order valence-corrected chi connectivity index (χ2v) is 11.3. The molecule has 9 nitrogen and oxygen atoms in total. The minimum atomic E-state index is -1.03. The van der Waals surface area contributed by atoms with Gasteiger partial charge >= 0.3 is 5.97 Å². The number of carbonyl (C=O) groups excluding carboxylic acids is 1. The van der Waals surface area contributed by atoms with Crippen LogP contribution >= 0.6 is 0 Å². The van der Waals surface area contributed by atoms with E-state index < -0.39 is 11.6 Å². The van der Waals surface area contributed by atoms with Gasteiger partial charge in [0.05, 0.1) is 17.5 Å². The molecule has 190 valence electrons. The van der Waals surface area contributed by atoms with Gasteiger partial charge in [-0.1, -0.05) is 6.07 Å². The van der Waals surface area contributed by atoms with E-state index in [4.69, 9.17) is 10.1 Å². The van der Waals surface area contributed by atoms with E-state index in [2.05, 4.69) is 27.0 Å². The van der Waals surface area contributed by atoms with Crippen LogP contribution in [0.5, 0.6) is 0 Å². The van der Waals surface area contributed by atoms with Gasteiger partial charge in [0.2, 0.25) is 0 Å². The van der Waals surface area contributed by atoms with Crippen LogP contribution in [-0.4, -0.2) is 69.4 Å². The number of amides is 1. The summed E-state index contributed by atoms with van der Waals surface area (Å²) >= 11 is 0. The second kappa shape index (κ2) is 8.73. The summed E-state index contributed by atoms with van der Waals surface area (Å²) in [5.41, 5.74) is 0.855. The van der Waals surface area contributed by atoms with Crippen LogP contribution in [-0.2, 0) is 0 Å². The van der Waals surface area contributed by atoms with Crippen molar-refractivity contribution >= 4 is 23.4 Å². The Morgan fingerprint density at radius 3 is 2.47 bits per heavy atom. The Hall–Kier alpha value is -3.20. The predicted octanol–water partition coefficient (Wildman–Crippen LogP) is 2.56. The number of pyridine rings is 2. The van der Waals surface area contributed by atoms with Crippen molar-refractivity contribution in [2.24, 2.45) is 17.8 Å². The molecule has 5 aliphatic rings. The quantitative estimate of drug-likeness (QED) is 0.584. The number of carboxylic acids is 1. The van der Waals surface area contributed by atoms with Crippen molar-refractivity contribution in [3.63, 3.8) is 0 Å². The van der Waals surface area contributed by atoms with E-state index in [0.717, 1.165) is 63.2 Å². The summed E-state index contributed by atoms with van der Waals surface area (Å²) in [6.07, 6.45) is 6.35. The van der Waals surface area contributed by atoms with Crippen LogP contribution in [0.15, 0.2) is 36.5 Å². The van der Waals surface area contributed by atoms with Crippen molar-refractivity contribution < 1.29 is 19.8 Å². The Balaban J connectivity index is 1.11. The molecule has 0 spiro atoms. The third-order valence-corrected chi connectivity index (χ3v) is 8.76. The first-order chi connectivity index (χ1) is 17.3. The Kier molecular flexibility index (Phi) is 5.63. The van der Waals surface area contributed by atoms with E-state index in [1.807, 2.05) is 12.1 Å². The van der Waals surface area contributed by atoms with E-state index in [1.165, 1.54) is 6.07 Å². The third-order valence-electron chi connectivity index (χ3n) is 8.76. The minimum absolute atomic E-state index is 0.0363. The average molecular weight is 492 g/mol. The largest absolute Gasteiger partial charge is 0.477 e. The van der Waals surface area contributed by atoms with E-state index in [9.17, 15) is 14.7 Å². The smallest absolute Gasteiger partial charge is 0.354 e. The maximum absolute atomic E-state index is 13.2. The molecule has 4 bridgehead atoms. The number of rotatable bonds is 5. The maximum Gasteiger partial charge on any atom is 0.354 e. The lowest BCUT2D eigenvalue weighted by molar-refractivity contribution is -0.136. The molecule has 2 aromatic heterocycles. The van der Waals surface area contributed by atoms with Crippen LogP contribution in [0.2, 0.25) is 0 Å². The number of hydrogen-bond acceptors (Lipinski definition) is 7. The van der Waals surface area contributed by atoms with Gasteiger partial charge in [-0.25, -0.2) is 14.8 Å². The first kappa shape index (κ1) is 23.2. The summed E-state index contributed by atoms with van der Waals surface area (Å²) in [6, 6.07) is 9.22. The highest BCUT2D eigenvalue weighted by Gasteiger charge is 2.55. The van der Waals surface area contributed by atoms with Crippen molar-refractivity contribution in [1.29, 1.82) is 0 Å². The summed E-state index contributed by atoms with van der Waals surface area (Å²) in [5.74, 6) is 0.954. The molecule has 0 radical (unpaired) electrons. The fraction of sp³-hybridized carbons (Fsp3) is 0.556. The van der Waals surface area contributed by atoms with Gasteiger partial charge in [-0.3, -0.25) is 4.79 Å². The van der Waals surface area contributed by atoms with Gasteiger partial charge in [-0.05, 0) is 81.0 Å². The van der Waals surface area contributed by atoms with Crippen molar-refractivity contribution in [2.45, 2.75) is 56.7 Å². The highest BCUT2D eigenvalue weighted by molar-refractivity contribution is 5.93. The van der Waals surface area contributed by atoms with Crippen LogP contribution in [0.3, 0.4) is 0 Å². The molecule has 5 fully saturated rings. The standard InChI is InChI=1S/C27H33N5O4/c1-16-15-31(20-5-6-22(26(34)35)28-14-20)7-8-32(16)23-4-2-3-21(29-23)25(33)30-24-18-9-17-10-19(24)13-27(36,11-17)12-18/h2-6,14,16-19,24,36H,7-13,15H2,1H3,(H,30,33)(H,34,35). The van der Waals surface area contributed by atoms with Crippen LogP contribution in [0, 0.1) is 17.8 Å². The van der Waals surface area contributed by atoms with Crippen molar-refractivity contribution in [3.8, 4) is 0 Å². The van der Waals surface area contributed by atoms with Gasteiger partial charge in [0.15, 0.2) is 0 Å². The molecule has 1 aliphatic heterocycles. The number of carbonyl (C=O) groups is 2. The number of anilines is 2. The van der Waals surface area contributed by atoms with Gasteiger partial charge < -0.3 is 25.3 Å². The summed E-state index contributed by atoms with van der Waals surface area (Å²) in [5, 5.41) is 23.2. The topological polar surface area (TPSA) is 119 Å². The van der Waals surface area contributed by atoms with Gasteiger partial charge in [-0.2, -0.15) is 0 Å². The lowest BCUT2D eigenvalue weighted by Gasteiger charge is -2.58. The summed E-state index contributed by atoms with van der Waals surface area (Å²) < 4.78 is 0. The molecule has 4 aliphatic carbocycles. The third kappa shape index (κ3) is 4.19. The number of piperazine rings is 1. The zero-order valence-corrected chi connectivity index (χ0v) is 20.5. The molecule has 3 unspecified atom stereocenters. The molecule has 3 N–H and O–H groups in total. The lowest BCUT2D eigenvalue weighted by Crippen LogP contribution is -2.61. The zero-order valence-electron chi connectivity index (χ0n) is 20.5. The molecule has 3 atom stereocenters. The molecule has 1 saturated heterocycles. The van der Waals surface area contributed by atoms with Gasteiger partial charge in [0.25, 0.3) is 5.91 Å². The van der Waals surface area contributed by atoms with Crippen molar-refractivity contribution in [2.75, 3.05) is 29.4 Å². The summed E-state index contributed by atoms with van der Waals surface area (Å²) in [4.78, 5) is 37.5. The first-order valence-corrected chi connectivity index (χ1v) is 13.0. The van der Waals surface area contributed by atoms with Crippen LogP contribution in [0.25, 0.3) is 0 Å². The number of nitrogens with zero attached hydrogens (tertiary/aromatic N) is 4. The molecule has 7 rings (SSSR count). The van der Waals surface area contributed by atoms with E-state index in [-0.39, 0.29) is 23.7 Å². The van der Waals surface area contributed by atoms with E-state index >= 15 is 0 Å². The Morgan fingerprint density at radius 2 is 1.83 bits per heavy atom. The Labute approximate surface area is 210 Å². The fourth-order valence-corrected chi connectivity index (χ4v) is 7.38. The molecule has 0 aromatic carbocycles. The SMILES string of the molecule is CC1CN(c2ccc(C(=O)O)nc2)CCN1c1cccc(C(=O)NC2C3CC4CC2CC(O)(C4)C3)n1. The number of aliphatic hydroxyl groups is 1. The highest BCUT2D eigenvalue weighted by Crippen LogP contribution is 2.55. The van der Waals surface area contributed by atoms with E-state index in [0.29, 0.717) is 23.4 Å². The molecule has 3 heterocycles. The molecule has 9 heteroatoms. The van der Waals surface area contributed by atoms with Gasteiger partial charge in [0.1, 0.15) is 17.2 Å². The van der Waals surface area contributed by atoms with Gasteiger partial charge in [0, 0.05) is 31.7 Å². The van der Waals surface area contributed by atoms with Crippen LogP contribution in [0.1, 0.15) is 60.0 Å². The minimum Gasteiger partial charge on any atom is -0.477 e. The average Bonchev–Trinajstić information content (AvgIpc) is 2.85. The fourth-order valence-electron chi connectivity index (χ4n) is 7.38. The Bertz CT molecular complexity index is 1160. The summed E-state index contributed by atoms with van der Waals surface area (Å²) in [7, 11) is 0. The van der Waals surface area contributed by atoms with Crippen LogP contribution in [0.4, 0.5) is 11.5 Å². The number of aromatic nitrogens is 2. The zero-order chi connectivity index (χ0) is 25.0. The number of aromatic carboxylic acids is 1. The normalized spacial score (nSPS) is 33.0. The second-order valence-electron chi connectivity index (χ2n) is 11.3. The molecule has 36 heavy (non-hydrogen) atoms. The van der Waals surface area contributed by atoms with Crippen molar-refractivity contribution in [1.82, 2.24) is 15.3 Å². The monoisotopic (exact) mass is 491 g/mol. The summed E-state index contributed by atoms with van der Waals surface area (Å²) in [6.45, 7) is 4.33.